The fraction of sp³-hybridized carbons (Fsp3) is 0.412. The van der Waals surface area contributed by atoms with Crippen molar-refractivity contribution < 1.29 is 24.1 Å². The number of nitrogens with zero attached hydrogens (tertiary/aromatic N) is 1. The van der Waals surface area contributed by atoms with Crippen LogP contribution in [-0.4, -0.2) is 67.5 Å². The SMILES string of the molecule is COc1cc2[nH]c(=O)c(C(=O)O)cc2cc1OCCN1CCOCC1. The third-order valence-corrected chi connectivity index (χ3v) is 4.13. The molecule has 1 aliphatic heterocycles. The van der Waals surface area contributed by atoms with Crippen molar-refractivity contribution in [2.24, 2.45) is 0 Å². The molecule has 1 aromatic carbocycles. The summed E-state index contributed by atoms with van der Waals surface area (Å²) in [5.74, 6) is -0.284. The molecule has 2 aromatic rings. The fourth-order valence-corrected chi connectivity index (χ4v) is 2.75. The van der Waals surface area contributed by atoms with Gasteiger partial charge in [-0.2, -0.15) is 0 Å². The van der Waals surface area contributed by atoms with E-state index in [1.165, 1.54) is 13.2 Å². The summed E-state index contributed by atoms with van der Waals surface area (Å²) in [6.45, 7) is 4.44. The fourth-order valence-electron chi connectivity index (χ4n) is 2.75. The van der Waals surface area contributed by atoms with Crippen LogP contribution in [0.5, 0.6) is 11.5 Å². The molecule has 0 radical (unpaired) electrons. The van der Waals surface area contributed by atoms with Crippen LogP contribution in [0.25, 0.3) is 10.9 Å². The second-order valence-corrected chi connectivity index (χ2v) is 5.71. The summed E-state index contributed by atoms with van der Waals surface area (Å²) in [5.41, 5.74) is -0.465. The van der Waals surface area contributed by atoms with E-state index in [4.69, 9.17) is 19.3 Å². The topological polar surface area (TPSA) is 101 Å². The second-order valence-electron chi connectivity index (χ2n) is 5.71. The number of carboxylic acid groups (broad SMARTS) is 1. The van der Waals surface area contributed by atoms with Crippen molar-refractivity contribution in [3.63, 3.8) is 0 Å². The van der Waals surface area contributed by atoms with Crippen molar-refractivity contribution in [1.82, 2.24) is 9.88 Å². The number of aromatic nitrogens is 1. The van der Waals surface area contributed by atoms with Gasteiger partial charge in [-0.15, -0.1) is 0 Å². The van der Waals surface area contributed by atoms with Crippen molar-refractivity contribution >= 4 is 16.9 Å². The molecule has 0 unspecified atom stereocenters. The average molecular weight is 348 g/mol. The highest BCUT2D eigenvalue weighted by Crippen LogP contribution is 2.31. The molecule has 0 bridgehead atoms. The van der Waals surface area contributed by atoms with Crippen LogP contribution in [-0.2, 0) is 4.74 Å². The Morgan fingerprint density at radius 3 is 2.72 bits per heavy atom. The zero-order valence-electron chi connectivity index (χ0n) is 13.9. The minimum absolute atomic E-state index is 0.308. The first-order chi connectivity index (χ1) is 12.1. The first-order valence-electron chi connectivity index (χ1n) is 8.00. The van der Waals surface area contributed by atoms with Crippen LogP contribution < -0.4 is 15.0 Å². The van der Waals surface area contributed by atoms with Crippen LogP contribution in [0.3, 0.4) is 0 Å². The number of fused-ring (bicyclic) bond motifs is 1. The van der Waals surface area contributed by atoms with Gasteiger partial charge >= 0.3 is 5.97 Å². The standard InChI is InChI=1S/C17H20N2O6/c1-23-14-10-13-11(8-12(17(21)22)16(20)18-13)9-15(14)25-7-4-19-2-5-24-6-3-19/h8-10H,2-7H2,1H3,(H,18,20)(H,21,22). The second kappa shape index (κ2) is 7.54. The highest BCUT2D eigenvalue weighted by atomic mass is 16.5. The first-order valence-corrected chi connectivity index (χ1v) is 8.00. The van der Waals surface area contributed by atoms with Crippen molar-refractivity contribution in [1.29, 1.82) is 0 Å². The monoisotopic (exact) mass is 348 g/mol. The number of pyridine rings is 1. The smallest absolute Gasteiger partial charge is 0.341 e. The van der Waals surface area contributed by atoms with Crippen LogP contribution in [0.15, 0.2) is 23.0 Å². The number of carbonyl (C=O) groups is 1. The van der Waals surface area contributed by atoms with Gasteiger partial charge in [0.05, 0.1) is 25.8 Å². The number of aromatic carboxylic acids is 1. The van der Waals surface area contributed by atoms with Crippen LogP contribution in [0.1, 0.15) is 10.4 Å². The molecule has 8 nitrogen and oxygen atoms in total. The molecule has 25 heavy (non-hydrogen) atoms. The average Bonchev–Trinajstić information content (AvgIpc) is 2.61. The van der Waals surface area contributed by atoms with E-state index in [-0.39, 0.29) is 5.56 Å². The number of methoxy groups -OCH3 is 1. The van der Waals surface area contributed by atoms with Crippen molar-refractivity contribution in [3.8, 4) is 11.5 Å². The van der Waals surface area contributed by atoms with Gasteiger partial charge in [0.1, 0.15) is 12.2 Å². The predicted molar refractivity (Wildman–Crippen MR) is 90.8 cm³/mol. The number of nitrogens with one attached hydrogen (secondary N) is 1. The third-order valence-electron chi connectivity index (χ3n) is 4.13. The van der Waals surface area contributed by atoms with E-state index in [9.17, 15) is 9.59 Å². The van der Waals surface area contributed by atoms with Crippen molar-refractivity contribution in [3.05, 3.63) is 34.1 Å². The molecule has 2 N–H and O–H groups in total. The molecule has 3 rings (SSSR count). The summed E-state index contributed by atoms with van der Waals surface area (Å²) in [4.78, 5) is 27.7. The zero-order valence-corrected chi connectivity index (χ0v) is 13.9. The molecule has 0 saturated carbocycles. The van der Waals surface area contributed by atoms with Crippen LogP contribution in [0.2, 0.25) is 0 Å². The quantitative estimate of drug-likeness (QED) is 0.801. The minimum atomic E-state index is -1.27. The summed E-state index contributed by atoms with van der Waals surface area (Å²) >= 11 is 0. The molecular formula is C17H20N2O6. The number of hydrogen-bond acceptors (Lipinski definition) is 6. The van der Waals surface area contributed by atoms with Gasteiger partial charge in [-0.1, -0.05) is 0 Å². The third kappa shape index (κ3) is 3.92. The number of morpholine rings is 1. The largest absolute Gasteiger partial charge is 0.493 e. The van der Waals surface area contributed by atoms with Crippen molar-refractivity contribution in [2.45, 2.75) is 0 Å². The molecule has 1 saturated heterocycles. The normalized spacial score (nSPS) is 15.2. The van der Waals surface area contributed by atoms with Gasteiger partial charge in [0, 0.05) is 31.1 Å². The maximum atomic E-state index is 11.8. The number of ether oxygens (including phenoxy) is 3. The van der Waals surface area contributed by atoms with Crippen molar-refractivity contribution in [2.75, 3.05) is 46.6 Å². The number of hydrogen-bond donors (Lipinski definition) is 2. The molecule has 2 heterocycles. The number of H-pyrrole nitrogens is 1. The van der Waals surface area contributed by atoms with Gasteiger partial charge in [-0.3, -0.25) is 9.69 Å². The number of aromatic amines is 1. The lowest BCUT2D eigenvalue weighted by Gasteiger charge is -2.26. The van der Waals surface area contributed by atoms with E-state index < -0.39 is 11.5 Å². The molecule has 1 fully saturated rings. The van der Waals surface area contributed by atoms with E-state index in [0.29, 0.717) is 29.0 Å². The Morgan fingerprint density at radius 2 is 2.04 bits per heavy atom. The lowest BCUT2D eigenvalue weighted by Crippen LogP contribution is -2.38. The molecular weight excluding hydrogens is 328 g/mol. The minimum Gasteiger partial charge on any atom is -0.493 e. The Morgan fingerprint density at radius 1 is 1.28 bits per heavy atom. The molecule has 134 valence electrons. The van der Waals surface area contributed by atoms with E-state index in [1.54, 1.807) is 12.1 Å². The molecule has 1 aromatic heterocycles. The zero-order chi connectivity index (χ0) is 17.8. The van der Waals surface area contributed by atoms with Gasteiger partial charge in [0.2, 0.25) is 0 Å². The molecule has 0 amide bonds. The Balaban J connectivity index is 1.81. The lowest BCUT2D eigenvalue weighted by molar-refractivity contribution is 0.0321. The van der Waals surface area contributed by atoms with Crippen LogP contribution >= 0.6 is 0 Å². The van der Waals surface area contributed by atoms with Gasteiger partial charge in [-0.05, 0) is 12.1 Å². The summed E-state index contributed by atoms with van der Waals surface area (Å²) < 4.78 is 16.4. The summed E-state index contributed by atoms with van der Waals surface area (Å²) in [6, 6.07) is 4.65. The van der Waals surface area contributed by atoms with E-state index in [0.717, 1.165) is 32.8 Å². The lowest BCUT2D eigenvalue weighted by atomic mass is 10.1. The molecule has 0 aliphatic carbocycles. The van der Waals surface area contributed by atoms with E-state index >= 15 is 0 Å². The van der Waals surface area contributed by atoms with E-state index in [2.05, 4.69) is 9.88 Å². The maximum absolute atomic E-state index is 11.8. The van der Waals surface area contributed by atoms with Gasteiger partial charge in [-0.25, -0.2) is 4.79 Å². The molecule has 1 aliphatic rings. The van der Waals surface area contributed by atoms with Gasteiger partial charge < -0.3 is 24.3 Å². The van der Waals surface area contributed by atoms with Gasteiger partial charge in [0.25, 0.3) is 5.56 Å². The van der Waals surface area contributed by atoms with Crippen LogP contribution in [0.4, 0.5) is 0 Å². The number of rotatable bonds is 6. The first kappa shape index (κ1) is 17.2. The predicted octanol–water partition coefficient (Wildman–Crippen LogP) is 0.946. The Hall–Kier alpha value is -2.58. The summed E-state index contributed by atoms with van der Waals surface area (Å²) in [6.07, 6.45) is 0. The highest BCUT2D eigenvalue weighted by molar-refractivity contribution is 5.93. The Kier molecular flexibility index (Phi) is 5.20. The maximum Gasteiger partial charge on any atom is 0.341 e. The Labute approximate surface area is 143 Å². The molecule has 0 spiro atoms. The van der Waals surface area contributed by atoms with Crippen LogP contribution in [0, 0.1) is 0 Å². The summed E-state index contributed by atoms with van der Waals surface area (Å²) in [7, 11) is 1.51. The molecule has 8 heteroatoms. The highest BCUT2D eigenvalue weighted by Gasteiger charge is 2.14. The van der Waals surface area contributed by atoms with Gasteiger partial charge in [0.15, 0.2) is 11.5 Å². The number of benzene rings is 1. The van der Waals surface area contributed by atoms with E-state index in [1.807, 2.05) is 0 Å². The number of carboxylic acids is 1. The summed E-state index contributed by atoms with van der Waals surface area (Å²) in [5, 5.41) is 9.66. The Bertz CT molecular complexity index is 826. The molecule has 0 atom stereocenters.